The lowest BCUT2D eigenvalue weighted by molar-refractivity contribution is -0.120. The molecule has 0 aliphatic heterocycles. The molecule has 0 atom stereocenters. The minimum atomic E-state index is -0.0982. The number of benzene rings is 1. The van der Waals surface area contributed by atoms with Crippen molar-refractivity contribution in [3.8, 4) is 5.69 Å². The normalized spacial score (nSPS) is 11.4. The van der Waals surface area contributed by atoms with Crippen LogP contribution in [0.1, 0.15) is 37.6 Å². The van der Waals surface area contributed by atoms with E-state index in [-0.39, 0.29) is 30.9 Å². The first-order valence-corrected chi connectivity index (χ1v) is 8.52. The van der Waals surface area contributed by atoms with Gasteiger partial charge in [0.05, 0.1) is 24.4 Å². The molecule has 0 saturated carbocycles. The molecule has 2 aromatic rings. The van der Waals surface area contributed by atoms with E-state index in [1.165, 1.54) is 0 Å². The molecular weight excluding hydrogens is 316 g/mol. The van der Waals surface area contributed by atoms with Crippen LogP contribution in [0.25, 0.3) is 5.69 Å². The number of aromatic nitrogens is 2. The Kier molecular flexibility index (Phi) is 5.85. The van der Waals surface area contributed by atoms with Crippen LogP contribution in [-0.4, -0.2) is 41.0 Å². The Morgan fingerprint density at radius 3 is 2.64 bits per heavy atom. The molecular formula is C19H28N4O2. The van der Waals surface area contributed by atoms with Crippen LogP contribution in [0.3, 0.4) is 0 Å². The summed E-state index contributed by atoms with van der Waals surface area (Å²) in [4.78, 5) is 12.0. The van der Waals surface area contributed by atoms with Gasteiger partial charge in [0.15, 0.2) is 0 Å². The minimum absolute atomic E-state index is 0.0491. The van der Waals surface area contributed by atoms with Crippen LogP contribution >= 0.6 is 0 Å². The molecule has 0 bridgehead atoms. The number of carbonyl (C=O) groups excluding carboxylic acids is 1. The third-order valence-electron chi connectivity index (χ3n) is 4.16. The molecule has 1 heterocycles. The number of amides is 1. The van der Waals surface area contributed by atoms with Crippen molar-refractivity contribution >= 4 is 11.7 Å². The molecule has 2 rings (SSSR count). The van der Waals surface area contributed by atoms with Gasteiger partial charge in [-0.2, -0.15) is 5.10 Å². The maximum absolute atomic E-state index is 12.0. The Hall–Kier alpha value is -2.34. The Morgan fingerprint density at radius 2 is 2.04 bits per heavy atom. The summed E-state index contributed by atoms with van der Waals surface area (Å²) in [5, 5.41) is 19.5. The Bertz CT molecular complexity index is 744. The summed E-state index contributed by atoms with van der Waals surface area (Å²) in [5.74, 6) is 0.814. The Balaban J connectivity index is 2.39. The summed E-state index contributed by atoms with van der Waals surface area (Å²) in [6, 6.07) is 7.95. The number of hydrogen-bond acceptors (Lipinski definition) is 4. The average molecular weight is 344 g/mol. The summed E-state index contributed by atoms with van der Waals surface area (Å²) in [6.45, 7) is 8.62. The number of anilines is 1. The van der Waals surface area contributed by atoms with Crippen molar-refractivity contribution in [1.82, 2.24) is 15.1 Å². The summed E-state index contributed by atoms with van der Waals surface area (Å²) in [6.07, 6.45) is 0.280. The lowest BCUT2D eigenvalue weighted by Crippen LogP contribution is -2.28. The second-order valence-corrected chi connectivity index (χ2v) is 7.14. The molecule has 3 N–H and O–H groups in total. The molecule has 0 spiro atoms. The van der Waals surface area contributed by atoms with Gasteiger partial charge >= 0.3 is 0 Å². The number of rotatable bonds is 6. The highest BCUT2D eigenvalue weighted by Crippen LogP contribution is 2.28. The van der Waals surface area contributed by atoms with Gasteiger partial charge < -0.3 is 15.7 Å². The van der Waals surface area contributed by atoms with E-state index in [2.05, 4.69) is 37.5 Å². The fourth-order valence-electron chi connectivity index (χ4n) is 2.63. The summed E-state index contributed by atoms with van der Waals surface area (Å²) < 4.78 is 1.89. The molecule has 0 saturated heterocycles. The number of hydrogen-bond donors (Lipinski definition) is 3. The fraction of sp³-hybridized carbons (Fsp3) is 0.474. The Labute approximate surface area is 149 Å². The van der Waals surface area contributed by atoms with E-state index >= 15 is 0 Å². The number of carbonyl (C=O) groups is 1. The molecule has 1 aromatic carbocycles. The molecule has 0 aliphatic rings. The number of aliphatic hydroxyl groups is 1. The van der Waals surface area contributed by atoms with E-state index in [1.807, 2.05) is 36.9 Å². The summed E-state index contributed by atoms with van der Waals surface area (Å²) in [7, 11) is 1.88. The van der Waals surface area contributed by atoms with Gasteiger partial charge in [-0.05, 0) is 24.1 Å². The van der Waals surface area contributed by atoms with Gasteiger partial charge in [0.2, 0.25) is 5.91 Å². The monoisotopic (exact) mass is 344 g/mol. The third-order valence-corrected chi connectivity index (χ3v) is 4.16. The van der Waals surface area contributed by atoms with Crippen molar-refractivity contribution in [3.05, 3.63) is 41.1 Å². The van der Waals surface area contributed by atoms with Crippen LogP contribution in [0.15, 0.2) is 24.3 Å². The van der Waals surface area contributed by atoms with Crippen molar-refractivity contribution < 1.29 is 9.90 Å². The zero-order chi connectivity index (χ0) is 18.6. The van der Waals surface area contributed by atoms with E-state index in [0.717, 1.165) is 28.3 Å². The number of nitrogens with one attached hydrogen (secondary N) is 2. The first-order valence-electron chi connectivity index (χ1n) is 8.52. The number of aliphatic hydroxyl groups excluding tert-OH is 1. The molecule has 1 aromatic heterocycles. The highest BCUT2D eigenvalue weighted by molar-refractivity contribution is 5.79. The molecule has 136 valence electrons. The first kappa shape index (κ1) is 19.0. The van der Waals surface area contributed by atoms with E-state index < -0.39 is 0 Å². The van der Waals surface area contributed by atoms with Crippen molar-refractivity contribution in [3.63, 3.8) is 0 Å². The number of nitrogens with zero attached hydrogens (tertiary/aromatic N) is 2. The SMILES string of the molecule is CNc1cc(C(C)(C)C)nn1-c1cccc(CC(=O)NCCO)c1C. The quantitative estimate of drug-likeness (QED) is 0.750. The molecule has 0 unspecified atom stereocenters. The maximum Gasteiger partial charge on any atom is 0.224 e. The van der Waals surface area contributed by atoms with Gasteiger partial charge in [0.1, 0.15) is 5.82 Å². The molecule has 25 heavy (non-hydrogen) atoms. The van der Waals surface area contributed by atoms with Crippen molar-refractivity contribution in [2.75, 3.05) is 25.5 Å². The highest BCUT2D eigenvalue weighted by Gasteiger charge is 2.21. The van der Waals surface area contributed by atoms with E-state index in [0.29, 0.717) is 0 Å². The molecule has 6 nitrogen and oxygen atoms in total. The van der Waals surface area contributed by atoms with Crippen molar-refractivity contribution in [2.45, 2.75) is 39.5 Å². The van der Waals surface area contributed by atoms with Crippen LogP contribution in [0.5, 0.6) is 0 Å². The minimum Gasteiger partial charge on any atom is -0.395 e. The van der Waals surface area contributed by atoms with Crippen LogP contribution < -0.4 is 10.6 Å². The largest absolute Gasteiger partial charge is 0.395 e. The van der Waals surface area contributed by atoms with Gasteiger partial charge in [0, 0.05) is 25.1 Å². The second kappa shape index (κ2) is 7.70. The average Bonchev–Trinajstić information content (AvgIpc) is 2.99. The molecule has 0 fully saturated rings. The molecule has 1 amide bonds. The standard InChI is InChI=1S/C19H28N4O2/c1-13-14(11-18(25)21-9-10-24)7-6-8-15(13)23-17(20-5)12-16(22-23)19(2,3)4/h6-8,12,20,24H,9-11H2,1-5H3,(H,21,25). The van der Waals surface area contributed by atoms with Gasteiger partial charge in [0.25, 0.3) is 0 Å². The predicted octanol–water partition coefficient (Wildman–Crippen LogP) is 2.17. The van der Waals surface area contributed by atoms with Gasteiger partial charge in [-0.3, -0.25) is 4.79 Å². The molecule has 0 aliphatic carbocycles. The van der Waals surface area contributed by atoms with Gasteiger partial charge in [-0.1, -0.05) is 32.9 Å². The van der Waals surface area contributed by atoms with Crippen LogP contribution in [0.4, 0.5) is 5.82 Å². The van der Waals surface area contributed by atoms with E-state index in [9.17, 15) is 4.79 Å². The van der Waals surface area contributed by atoms with Gasteiger partial charge in [-0.25, -0.2) is 4.68 Å². The smallest absolute Gasteiger partial charge is 0.224 e. The lowest BCUT2D eigenvalue weighted by atomic mass is 9.92. The highest BCUT2D eigenvalue weighted by atomic mass is 16.3. The zero-order valence-corrected chi connectivity index (χ0v) is 15.7. The van der Waals surface area contributed by atoms with Crippen LogP contribution in [-0.2, 0) is 16.6 Å². The van der Waals surface area contributed by atoms with E-state index in [1.54, 1.807) is 0 Å². The van der Waals surface area contributed by atoms with Crippen molar-refractivity contribution in [1.29, 1.82) is 0 Å². The molecule has 6 heteroatoms. The van der Waals surface area contributed by atoms with Crippen molar-refractivity contribution in [2.24, 2.45) is 0 Å². The first-order chi connectivity index (χ1) is 11.8. The van der Waals surface area contributed by atoms with Crippen LogP contribution in [0.2, 0.25) is 0 Å². The fourth-order valence-corrected chi connectivity index (χ4v) is 2.63. The Morgan fingerprint density at radius 1 is 1.32 bits per heavy atom. The molecule has 0 radical (unpaired) electrons. The van der Waals surface area contributed by atoms with E-state index in [4.69, 9.17) is 10.2 Å². The van der Waals surface area contributed by atoms with Gasteiger partial charge in [-0.15, -0.1) is 0 Å². The lowest BCUT2D eigenvalue weighted by Gasteiger charge is -2.15. The zero-order valence-electron chi connectivity index (χ0n) is 15.7. The topological polar surface area (TPSA) is 79.2 Å². The maximum atomic E-state index is 12.0. The van der Waals surface area contributed by atoms with Crippen LogP contribution in [0, 0.1) is 6.92 Å². The third kappa shape index (κ3) is 4.39. The summed E-state index contributed by atoms with van der Waals surface area (Å²) >= 11 is 0. The second-order valence-electron chi connectivity index (χ2n) is 7.14. The summed E-state index contributed by atoms with van der Waals surface area (Å²) in [5.41, 5.74) is 3.87. The predicted molar refractivity (Wildman–Crippen MR) is 100 cm³/mol.